The predicted octanol–water partition coefficient (Wildman–Crippen LogP) is 3.45. The molecular weight excluding hydrogens is 300 g/mol. The van der Waals surface area contributed by atoms with E-state index in [-0.39, 0.29) is 11.5 Å². The van der Waals surface area contributed by atoms with Crippen molar-refractivity contribution in [3.63, 3.8) is 0 Å². The SMILES string of the molecule is CCCCNC(=O)c1cccc(-c2c[nH]c(=O)c3c2CCCC3)c1. The molecule has 4 heteroatoms. The Morgan fingerprint density at radius 3 is 2.79 bits per heavy atom. The van der Waals surface area contributed by atoms with Gasteiger partial charge in [-0.15, -0.1) is 0 Å². The lowest BCUT2D eigenvalue weighted by molar-refractivity contribution is 0.0953. The molecule has 2 N–H and O–H groups in total. The predicted molar refractivity (Wildman–Crippen MR) is 96.4 cm³/mol. The second kappa shape index (κ2) is 7.47. The first-order valence-corrected chi connectivity index (χ1v) is 8.82. The van der Waals surface area contributed by atoms with Gasteiger partial charge in [-0.25, -0.2) is 0 Å². The molecule has 0 fully saturated rings. The Balaban J connectivity index is 1.92. The number of benzene rings is 1. The molecule has 3 rings (SSSR count). The van der Waals surface area contributed by atoms with Crippen LogP contribution >= 0.6 is 0 Å². The number of rotatable bonds is 5. The van der Waals surface area contributed by atoms with E-state index in [4.69, 9.17) is 0 Å². The number of carbonyl (C=O) groups is 1. The Kier molecular flexibility index (Phi) is 5.14. The number of hydrogen-bond donors (Lipinski definition) is 2. The lowest BCUT2D eigenvalue weighted by Gasteiger charge is -2.18. The summed E-state index contributed by atoms with van der Waals surface area (Å²) >= 11 is 0. The van der Waals surface area contributed by atoms with Crippen molar-refractivity contribution in [2.75, 3.05) is 6.54 Å². The van der Waals surface area contributed by atoms with Crippen LogP contribution in [-0.2, 0) is 12.8 Å². The Hall–Kier alpha value is -2.36. The van der Waals surface area contributed by atoms with Crippen molar-refractivity contribution in [3.8, 4) is 11.1 Å². The van der Waals surface area contributed by atoms with Crippen molar-refractivity contribution in [1.82, 2.24) is 10.3 Å². The lowest BCUT2D eigenvalue weighted by atomic mass is 9.87. The third kappa shape index (κ3) is 3.42. The third-order valence-electron chi connectivity index (χ3n) is 4.67. The first kappa shape index (κ1) is 16.5. The topological polar surface area (TPSA) is 62.0 Å². The Morgan fingerprint density at radius 1 is 1.21 bits per heavy atom. The molecule has 126 valence electrons. The van der Waals surface area contributed by atoms with E-state index in [9.17, 15) is 9.59 Å². The number of H-pyrrole nitrogens is 1. The number of aromatic amines is 1. The first-order valence-electron chi connectivity index (χ1n) is 8.82. The van der Waals surface area contributed by atoms with Gasteiger partial charge in [-0.05, 0) is 55.4 Å². The molecule has 1 aliphatic carbocycles. The highest BCUT2D eigenvalue weighted by Crippen LogP contribution is 2.29. The van der Waals surface area contributed by atoms with Crippen LogP contribution < -0.4 is 10.9 Å². The highest BCUT2D eigenvalue weighted by atomic mass is 16.1. The second-order valence-electron chi connectivity index (χ2n) is 6.39. The summed E-state index contributed by atoms with van der Waals surface area (Å²) in [5, 5.41) is 2.95. The normalized spacial score (nSPS) is 13.4. The van der Waals surface area contributed by atoms with Gasteiger partial charge in [-0.2, -0.15) is 0 Å². The highest BCUT2D eigenvalue weighted by Gasteiger charge is 2.18. The maximum absolute atomic E-state index is 12.3. The minimum absolute atomic E-state index is 0.0295. The fraction of sp³-hybridized carbons (Fsp3) is 0.400. The van der Waals surface area contributed by atoms with Crippen LogP contribution in [0.15, 0.2) is 35.3 Å². The standard InChI is InChI=1S/C20H24N2O2/c1-2-3-11-21-19(23)15-8-6-7-14(12-15)18-13-22-20(24)17-10-5-4-9-16(17)18/h6-8,12-13H,2-5,9-11H2,1H3,(H,21,23)(H,22,24). The van der Waals surface area contributed by atoms with Crippen LogP contribution in [-0.4, -0.2) is 17.4 Å². The summed E-state index contributed by atoms with van der Waals surface area (Å²) in [5.74, 6) is -0.0383. The zero-order valence-electron chi connectivity index (χ0n) is 14.2. The van der Waals surface area contributed by atoms with E-state index in [1.165, 1.54) is 0 Å². The fourth-order valence-electron chi connectivity index (χ4n) is 3.33. The van der Waals surface area contributed by atoms with Gasteiger partial charge >= 0.3 is 0 Å². The van der Waals surface area contributed by atoms with Crippen LogP contribution in [0.3, 0.4) is 0 Å². The molecule has 2 aromatic rings. The Labute approximate surface area is 142 Å². The van der Waals surface area contributed by atoms with Crippen molar-refractivity contribution in [1.29, 1.82) is 0 Å². The summed E-state index contributed by atoms with van der Waals surface area (Å²) in [5.41, 5.74) is 4.80. The van der Waals surface area contributed by atoms with E-state index in [0.29, 0.717) is 12.1 Å². The van der Waals surface area contributed by atoms with Crippen LogP contribution in [0.5, 0.6) is 0 Å². The van der Waals surface area contributed by atoms with Crippen molar-refractivity contribution in [3.05, 3.63) is 57.5 Å². The zero-order chi connectivity index (χ0) is 16.9. The minimum atomic E-state index is -0.0383. The first-order chi connectivity index (χ1) is 11.7. The summed E-state index contributed by atoms with van der Waals surface area (Å²) in [6.45, 7) is 2.81. The maximum atomic E-state index is 12.3. The molecule has 0 spiro atoms. The number of carbonyl (C=O) groups excluding carboxylic acids is 1. The number of hydrogen-bond acceptors (Lipinski definition) is 2. The highest BCUT2D eigenvalue weighted by molar-refractivity contribution is 5.95. The summed E-state index contributed by atoms with van der Waals surface area (Å²) in [7, 11) is 0. The maximum Gasteiger partial charge on any atom is 0.251 e. The van der Waals surface area contributed by atoms with Crippen LogP contribution in [0.1, 0.15) is 54.1 Å². The van der Waals surface area contributed by atoms with Gasteiger partial charge in [0.15, 0.2) is 0 Å². The van der Waals surface area contributed by atoms with Crippen LogP contribution in [0.2, 0.25) is 0 Å². The molecule has 4 nitrogen and oxygen atoms in total. The molecule has 1 heterocycles. The van der Waals surface area contributed by atoms with Gasteiger partial charge in [-0.3, -0.25) is 9.59 Å². The quantitative estimate of drug-likeness (QED) is 0.828. The molecule has 0 saturated heterocycles. The van der Waals surface area contributed by atoms with Crippen molar-refractivity contribution in [2.45, 2.75) is 45.4 Å². The summed E-state index contributed by atoms with van der Waals surface area (Å²) in [4.78, 5) is 27.2. The molecule has 1 amide bonds. The van der Waals surface area contributed by atoms with Gasteiger partial charge in [0.2, 0.25) is 0 Å². The third-order valence-corrected chi connectivity index (χ3v) is 4.67. The van der Waals surface area contributed by atoms with Crippen molar-refractivity contribution < 1.29 is 4.79 Å². The van der Waals surface area contributed by atoms with E-state index in [2.05, 4.69) is 17.2 Å². The smallest absolute Gasteiger partial charge is 0.251 e. The molecule has 0 aliphatic heterocycles. The molecule has 0 radical (unpaired) electrons. The second-order valence-corrected chi connectivity index (χ2v) is 6.39. The fourth-order valence-corrected chi connectivity index (χ4v) is 3.33. The van der Waals surface area contributed by atoms with E-state index < -0.39 is 0 Å². The Bertz CT molecular complexity index is 792. The molecular formula is C20H24N2O2. The van der Waals surface area contributed by atoms with E-state index >= 15 is 0 Å². The van der Waals surface area contributed by atoms with Gasteiger partial charge in [-0.1, -0.05) is 25.5 Å². The van der Waals surface area contributed by atoms with Crippen molar-refractivity contribution >= 4 is 5.91 Å². The molecule has 1 aliphatic rings. The largest absolute Gasteiger partial charge is 0.352 e. The average molecular weight is 324 g/mol. The van der Waals surface area contributed by atoms with E-state index in [1.54, 1.807) is 6.20 Å². The van der Waals surface area contributed by atoms with Gasteiger partial charge in [0.25, 0.3) is 11.5 Å². The molecule has 1 aromatic carbocycles. The summed E-state index contributed by atoms with van der Waals surface area (Å²) in [6, 6.07) is 7.67. The van der Waals surface area contributed by atoms with Crippen molar-refractivity contribution in [2.24, 2.45) is 0 Å². The van der Waals surface area contributed by atoms with Crippen LogP contribution in [0.25, 0.3) is 11.1 Å². The van der Waals surface area contributed by atoms with Gasteiger partial charge in [0.1, 0.15) is 0 Å². The average Bonchev–Trinajstić information content (AvgIpc) is 2.62. The summed E-state index contributed by atoms with van der Waals surface area (Å²) in [6.07, 6.45) is 7.79. The molecule has 0 atom stereocenters. The molecule has 0 saturated carbocycles. The molecule has 24 heavy (non-hydrogen) atoms. The molecule has 0 bridgehead atoms. The number of pyridine rings is 1. The molecule has 1 aromatic heterocycles. The Morgan fingerprint density at radius 2 is 2.00 bits per heavy atom. The lowest BCUT2D eigenvalue weighted by Crippen LogP contribution is -2.24. The summed E-state index contributed by atoms with van der Waals surface area (Å²) < 4.78 is 0. The van der Waals surface area contributed by atoms with Crippen LogP contribution in [0, 0.1) is 0 Å². The number of unbranched alkanes of at least 4 members (excludes halogenated alkanes) is 1. The van der Waals surface area contributed by atoms with E-state index in [1.807, 2.05) is 24.3 Å². The number of aromatic nitrogens is 1. The van der Waals surface area contributed by atoms with Crippen LogP contribution in [0.4, 0.5) is 0 Å². The zero-order valence-corrected chi connectivity index (χ0v) is 14.2. The number of fused-ring (bicyclic) bond motifs is 1. The molecule has 0 unspecified atom stereocenters. The van der Waals surface area contributed by atoms with Gasteiger partial charge in [0.05, 0.1) is 0 Å². The monoisotopic (exact) mass is 324 g/mol. The number of amides is 1. The van der Waals surface area contributed by atoms with Gasteiger partial charge in [0, 0.05) is 29.4 Å². The van der Waals surface area contributed by atoms with E-state index in [0.717, 1.165) is 60.8 Å². The minimum Gasteiger partial charge on any atom is -0.352 e. The van der Waals surface area contributed by atoms with Gasteiger partial charge < -0.3 is 10.3 Å². The number of nitrogens with one attached hydrogen (secondary N) is 2.